The predicted molar refractivity (Wildman–Crippen MR) is 90.1 cm³/mol. The van der Waals surface area contributed by atoms with E-state index in [4.69, 9.17) is 10.5 Å². The molecule has 3 rings (SSSR count). The lowest BCUT2D eigenvalue weighted by molar-refractivity contribution is -0.156. The van der Waals surface area contributed by atoms with E-state index in [1.807, 2.05) is 0 Å². The average Bonchev–Trinajstić information content (AvgIpc) is 3.07. The topological polar surface area (TPSA) is 97.1 Å². The predicted octanol–water partition coefficient (Wildman–Crippen LogP) is 1.79. The molecule has 3 N–H and O–H groups in total. The molecule has 8 heteroatoms. The zero-order chi connectivity index (χ0) is 18.0. The summed E-state index contributed by atoms with van der Waals surface area (Å²) in [7, 11) is 1.42. The van der Waals surface area contributed by atoms with E-state index in [9.17, 15) is 9.18 Å². The minimum Gasteiger partial charge on any atom is -0.367 e. The third-order valence-electron chi connectivity index (χ3n) is 4.82. The smallest absolute Gasteiger partial charge is 0.259 e. The van der Waals surface area contributed by atoms with Gasteiger partial charge in [0.25, 0.3) is 5.91 Å². The van der Waals surface area contributed by atoms with Crippen LogP contribution in [0.2, 0.25) is 0 Å². The number of nitrogens with zero attached hydrogens (tertiary/aromatic N) is 3. The molecule has 1 amide bonds. The number of nitrogens with two attached hydrogens (primary N) is 1. The first-order valence-corrected chi connectivity index (χ1v) is 8.23. The molecule has 1 aromatic heterocycles. The van der Waals surface area contributed by atoms with Crippen molar-refractivity contribution < 1.29 is 13.9 Å². The van der Waals surface area contributed by atoms with Gasteiger partial charge in [0.05, 0.1) is 0 Å². The normalized spacial score (nSPS) is 20.3. The van der Waals surface area contributed by atoms with Gasteiger partial charge in [-0.25, -0.2) is 4.39 Å². The van der Waals surface area contributed by atoms with Gasteiger partial charge in [0.1, 0.15) is 11.6 Å². The molecule has 1 aliphatic heterocycles. The molecule has 25 heavy (non-hydrogen) atoms. The zero-order valence-corrected chi connectivity index (χ0v) is 14.3. The minimum absolute atomic E-state index is 0.0178. The minimum atomic E-state index is -1.38. The molecular formula is C17H22FN5O2. The van der Waals surface area contributed by atoms with Crippen LogP contribution in [-0.4, -0.2) is 46.2 Å². The van der Waals surface area contributed by atoms with Crippen molar-refractivity contribution in [2.45, 2.75) is 31.3 Å². The maximum Gasteiger partial charge on any atom is 0.259 e. The molecule has 2 aromatic rings. The molecule has 1 aliphatic rings. The number of hydrogen-bond acceptors (Lipinski definition) is 5. The number of nitrogen functional groups attached to an aromatic ring is 1. The molecule has 134 valence electrons. The van der Waals surface area contributed by atoms with E-state index in [-0.39, 0.29) is 23.3 Å². The van der Waals surface area contributed by atoms with Crippen molar-refractivity contribution in [2.75, 3.05) is 25.9 Å². The van der Waals surface area contributed by atoms with Crippen LogP contribution in [0.4, 0.5) is 10.3 Å². The van der Waals surface area contributed by atoms with Crippen LogP contribution < -0.4 is 5.73 Å². The lowest BCUT2D eigenvalue weighted by atomic mass is 9.90. The van der Waals surface area contributed by atoms with Gasteiger partial charge in [0, 0.05) is 31.7 Å². The summed E-state index contributed by atoms with van der Waals surface area (Å²) < 4.78 is 19.7. The Morgan fingerprint density at radius 1 is 1.48 bits per heavy atom. The van der Waals surface area contributed by atoms with Gasteiger partial charge in [0.2, 0.25) is 5.95 Å². The van der Waals surface area contributed by atoms with E-state index in [2.05, 4.69) is 15.2 Å². The fourth-order valence-electron chi connectivity index (χ4n) is 3.32. The summed E-state index contributed by atoms with van der Waals surface area (Å²) in [6, 6.07) is 6.19. The number of carbonyl (C=O) groups excluding carboxylic acids is 1. The fourth-order valence-corrected chi connectivity index (χ4v) is 3.32. The highest BCUT2D eigenvalue weighted by Crippen LogP contribution is 2.32. The van der Waals surface area contributed by atoms with Crippen LogP contribution in [0.25, 0.3) is 0 Å². The SMILES string of the molecule is CO[C@](C)(C(=O)N1CCC[C@H](c2nc(N)n[nH]2)C1)c1ccccc1F. The monoisotopic (exact) mass is 347 g/mol. The van der Waals surface area contributed by atoms with Crippen molar-refractivity contribution >= 4 is 11.9 Å². The Labute approximate surface area is 145 Å². The molecule has 7 nitrogen and oxygen atoms in total. The molecule has 0 bridgehead atoms. The Hall–Kier alpha value is -2.48. The Kier molecular flexibility index (Phi) is 4.71. The highest BCUT2D eigenvalue weighted by molar-refractivity contribution is 5.86. The number of carbonyl (C=O) groups is 1. The van der Waals surface area contributed by atoms with Crippen LogP contribution in [0.15, 0.2) is 24.3 Å². The number of amides is 1. The number of ether oxygens (including phenoxy) is 1. The number of aromatic nitrogens is 3. The first-order valence-electron chi connectivity index (χ1n) is 8.23. The zero-order valence-electron chi connectivity index (χ0n) is 14.3. The Morgan fingerprint density at radius 3 is 2.88 bits per heavy atom. The van der Waals surface area contributed by atoms with Crippen molar-refractivity contribution in [3.05, 3.63) is 41.5 Å². The maximum absolute atomic E-state index is 14.3. The number of hydrogen-bond donors (Lipinski definition) is 2. The molecule has 1 saturated heterocycles. The van der Waals surface area contributed by atoms with Crippen LogP contribution in [0.3, 0.4) is 0 Å². The summed E-state index contributed by atoms with van der Waals surface area (Å²) in [5.74, 6) is 0.143. The van der Waals surface area contributed by atoms with E-state index in [0.29, 0.717) is 18.9 Å². The second-order valence-electron chi connectivity index (χ2n) is 6.39. The van der Waals surface area contributed by atoms with Crippen LogP contribution in [-0.2, 0) is 15.1 Å². The Morgan fingerprint density at radius 2 is 2.24 bits per heavy atom. The summed E-state index contributed by atoms with van der Waals surface area (Å²) in [6.07, 6.45) is 1.69. The molecule has 0 unspecified atom stereocenters. The first-order chi connectivity index (χ1) is 12.0. The fraction of sp³-hybridized carbons (Fsp3) is 0.471. The molecule has 2 atom stereocenters. The van der Waals surface area contributed by atoms with Crippen LogP contribution in [0, 0.1) is 5.82 Å². The molecule has 0 saturated carbocycles. The van der Waals surface area contributed by atoms with Crippen molar-refractivity contribution in [1.29, 1.82) is 0 Å². The molecule has 0 spiro atoms. The summed E-state index contributed by atoms with van der Waals surface area (Å²) in [6.45, 7) is 2.65. The second-order valence-corrected chi connectivity index (χ2v) is 6.39. The van der Waals surface area contributed by atoms with Crippen LogP contribution in [0.5, 0.6) is 0 Å². The number of H-pyrrole nitrogens is 1. The highest BCUT2D eigenvalue weighted by atomic mass is 19.1. The van der Waals surface area contributed by atoms with Crippen LogP contribution in [0.1, 0.15) is 37.1 Å². The Bertz CT molecular complexity index is 765. The summed E-state index contributed by atoms with van der Waals surface area (Å²) >= 11 is 0. The van der Waals surface area contributed by atoms with Crippen molar-refractivity contribution in [3.63, 3.8) is 0 Å². The number of halogens is 1. The van der Waals surface area contributed by atoms with Gasteiger partial charge in [-0.15, -0.1) is 5.10 Å². The van der Waals surface area contributed by atoms with E-state index in [0.717, 1.165) is 12.8 Å². The molecule has 0 radical (unpaired) electrons. The molecule has 2 heterocycles. The van der Waals surface area contributed by atoms with E-state index in [1.54, 1.807) is 30.0 Å². The number of rotatable bonds is 4. The molecular weight excluding hydrogens is 325 g/mol. The van der Waals surface area contributed by atoms with E-state index < -0.39 is 11.4 Å². The van der Waals surface area contributed by atoms with Gasteiger partial charge in [-0.05, 0) is 25.8 Å². The summed E-state index contributed by atoms with van der Waals surface area (Å²) in [5.41, 5.74) is 4.42. The van der Waals surface area contributed by atoms with Crippen LogP contribution >= 0.6 is 0 Å². The summed E-state index contributed by atoms with van der Waals surface area (Å²) in [5, 5.41) is 6.66. The molecule has 1 aromatic carbocycles. The van der Waals surface area contributed by atoms with Gasteiger partial charge in [-0.2, -0.15) is 4.98 Å². The number of anilines is 1. The maximum atomic E-state index is 14.3. The first kappa shape index (κ1) is 17.3. The third-order valence-corrected chi connectivity index (χ3v) is 4.82. The van der Waals surface area contributed by atoms with Crippen molar-refractivity contribution in [2.24, 2.45) is 0 Å². The number of benzene rings is 1. The van der Waals surface area contributed by atoms with Gasteiger partial charge in [-0.3, -0.25) is 9.89 Å². The van der Waals surface area contributed by atoms with E-state index >= 15 is 0 Å². The van der Waals surface area contributed by atoms with Gasteiger partial charge >= 0.3 is 0 Å². The van der Waals surface area contributed by atoms with Gasteiger partial charge in [-0.1, -0.05) is 18.2 Å². The second kappa shape index (κ2) is 6.79. The standard InChI is InChI=1S/C17H22FN5O2/c1-17(25-2,12-7-3-4-8-13(12)18)15(24)23-9-5-6-11(10-23)14-20-16(19)22-21-14/h3-4,7-8,11H,5-6,9-10H2,1-2H3,(H3,19,20,21,22)/t11-,17-/m0/s1. The number of piperidine rings is 1. The number of nitrogens with one attached hydrogen (secondary N) is 1. The third kappa shape index (κ3) is 3.21. The number of aromatic amines is 1. The van der Waals surface area contributed by atoms with Crippen molar-refractivity contribution in [1.82, 2.24) is 20.1 Å². The molecule has 0 aliphatic carbocycles. The van der Waals surface area contributed by atoms with Gasteiger partial charge < -0.3 is 15.4 Å². The van der Waals surface area contributed by atoms with E-state index in [1.165, 1.54) is 13.2 Å². The largest absolute Gasteiger partial charge is 0.367 e. The van der Waals surface area contributed by atoms with Crippen molar-refractivity contribution in [3.8, 4) is 0 Å². The number of likely N-dealkylation sites (tertiary alicyclic amines) is 1. The average molecular weight is 347 g/mol. The van der Waals surface area contributed by atoms with Gasteiger partial charge in [0.15, 0.2) is 5.60 Å². The lowest BCUT2D eigenvalue weighted by Gasteiger charge is -2.38. The quantitative estimate of drug-likeness (QED) is 0.879. The molecule has 1 fully saturated rings. The highest BCUT2D eigenvalue weighted by Gasteiger charge is 2.42. The Balaban J connectivity index is 1.84. The number of methoxy groups -OCH3 is 1. The summed E-state index contributed by atoms with van der Waals surface area (Å²) in [4.78, 5) is 19.0. The lowest BCUT2D eigenvalue weighted by Crippen LogP contribution is -2.50.